The van der Waals surface area contributed by atoms with Crippen LogP contribution in [0, 0.1) is 5.92 Å². The van der Waals surface area contributed by atoms with Gasteiger partial charge in [-0.05, 0) is 48.8 Å². The van der Waals surface area contributed by atoms with Gasteiger partial charge in [0.15, 0.2) is 5.82 Å². The molecule has 0 amide bonds. The fourth-order valence-corrected chi connectivity index (χ4v) is 5.53. The van der Waals surface area contributed by atoms with Crippen LogP contribution in [-0.2, 0) is 25.6 Å². The maximum absolute atomic E-state index is 11.1. The number of hydrogen-bond donors (Lipinski definition) is 1. The number of nitrogens with two attached hydrogens (primary N) is 1. The fraction of sp³-hybridized carbons (Fsp3) is 0.435. The molecule has 2 aromatic heterocycles. The normalized spacial score (nSPS) is 25.3. The van der Waals surface area contributed by atoms with Gasteiger partial charge < -0.3 is 9.30 Å². The highest BCUT2D eigenvalue weighted by molar-refractivity contribution is 7.84. The van der Waals surface area contributed by atoms with E-state index in [1.165, 1.54) is 11.1 Å². The Labute approximate surface area is 192 Å². The Morgan fingerprint density at radius 3 is 2.91 bits per heavy atom. The summed E-state index contributed by atoms with van der Waals surface area (Å²) in [6, 6.07) is 10.6. The molecule has 2 N–H and O–H groups in total. The van der Waals surface area contributed by atoms with E-state index in [1.54, 1.807) is 13.4 Å². The van der Waals surface area contributed by atoms with Crippen molar-refractivity contribution in [2.45, 2.75) is 43.7 Å². The van der Waals surface area contributed by atoms with Crippen molar-refractivity contribution < 1.29 is 17.3 Å². The molecule has 9 nitrogen and oxygen atoms in total. The first-order valence-electron chi connectivity index (χ1n) is 11.1. The molecule has 5 rings (SSSR count). The number of aliphatic imine (C=N–C) groups is 1. The summed E-state index contributed by atoms with van der Waals surface area (Å²) in [6.07, 6.45) is 9.01. The molecule has 0 aliphatic heterocycles. The van der Waals surface area contributed by atoms with Gasteiger partial charge in [-0.2, -0.15) is 8.42 Å². The molecule has 2 aliphatic rings. The highest BCUT2D eigenvalue weighted by Crippen LogP contribution is 2.38. The Bertz CT molecular complexity index is 1290. The molecule has 4 atom stereocenters. The third kappa shape index (κ3) is 4.56. The quantitative estimate of drug-likeness (QED) is 0.531. The average Bonchev–Trinajstić information content (AvgIpc) is 3.52. The van der Waals surface area contributed by atoms with Crippen molar-refractivity contribution in [2.75, 3.05) is 13.7 Å². The fourth-order valence-electron chi connectivity index (χ4n) is 5.15. The van der Waals surface area contributed by atoms with Crippen molar-refractivity contribution in [1.82, 2.24) is 14.5 Å². The summed E-state index contributed by atoms with van der Waals surface area (Å²) in [4.78, 5) is 13.7. The Hall–Kier alpha value is -2.66. The lowest BCUT2D eigenvalue weighted by atomic mass is 10.0. The number of benzene rings is 1. The maximum atomic E-state index is 11.1. The lowest BCUT2D eigenvalue weighted by molar-refractivity contribution is 0.106. The second-order valence-corrected chi connectivity index (χ2v) is 9.97. The van der Waals surface area contributed by atoms with Crippen LogP contribution < -0.4 is 5.14 Å². The molecule has 0 bridgehead atoms. The molecular weight excluding hydrogens is 442 g/mol. The molecule has 2 unspecified atom stereocenters. The lowest BCUT2D eigenvalue weighted by Crippen LogP contribution is -2.19. The van der Waals surface area contributed by atoms with Gasteiger partial charge in [-0.15, -0.1) is 0 Å². The van der Waals surface area contributed by atoms with Crippen LogP contribution in [0.3, 0.4) is 0 Å². The smallest absolute Gasteiger partial charge is 0.333 e. The van der Waals surface area contributed by atoms with E-state index < -0.39 is 10.3 Å². The van der Waals surface area contributed by atoms with Crippen molar-refractivity contribution in [3.05, 3.63) is 54.0 Å². The maximum Gasteiger partial charge on any atom is 0.333 e. The first-order chi connectivity index (χ1) is 15.9. The predicted molar refractivity (Wildman–Crippen MR) is 125 cm³/mol. The van der Waals surface area contributed by atoms with Crippen LogP contribution in [0.25, 0.3) is 11.0 Å². The largest absolute Gasteiger partial charge is 0.380 e. The van der Waals surface area contributed by atoms with Crippen LogP contribution in [-0.4, -0.2) is 49.0 Å². The van der Waals surface area contributed by atoms with Gasteiger partial charge in [-0.3, -0.25) is 4.18 Å². The summed E-state index contributed by atoms with van der Waals surface area (Å²) in [7, 11) is -2.17. The standard InChI is InChI=1S/C23H27N5O4S/c1-31-21-11-16-4-2-3-5-18(16)20(21)12-25-22-19-8-9-28(23(19)27-14-26-22)17-7-6-15(10-17)13-32-33(24,29)30/h2-5,8-9,12,14-15,17,20-21H,6-7,10-11,13H2,1H3,(H2,24,29,30)/t15?,17-,20?,21+/m0/s1. The van der Waals surface area contributed by atoms with Gasteiger partial charge in [0.25, 0.3) is 0 Å². The zero-order valence-electron chi connectivity index (χ0n) is 18.4. The SMILES string of the molecule is CO[C@@H]1Cc2ccccc2C1C=Nc1ncnc2c1ccn2[C@H]1CCC(COS(N)(=O)=O)C1. The molecule has 10 heteroatoms. The number of aromatic nitrogens is 3. The summed E-state index contributed by atoms with van der Waals surface area (Å²) < 4.78 is 34.8. The summed E-state index contributed by atoms with van der Waals surface area (Å²) >= 11 is 0. The highest BCUT2D eigenvalue weighted by atomic mass is 32.2. The first-order valence-corrected chi connectivity index (χ1v) is 12.5. The zero-order chi connectivity index (χ0) is 23.0. The van der Waals surface area contributed by atoms with Crippen molar-refractivity contribution in [3.63, 3.8) is 0 Å². The van der Waals surface area contributed by atoms with Gasteiger partial charge in [0.05, 0.1) is 18.1 Å². The second-order valence-electron chi connectivity index (χ2n) is 8.75. The van der Waals surface area contributed by atoms with Crippen LogP contribution in [0.4, 0.5) is 5.82 Å². The van der Waals surface area contributed by atoms with Gasteiger partial charge in [-0.1, -0.05) is 24.3 Å². The van der Waals surface area contributed by atoms with Gasteiger partial charge >= 0.3 is 10.3 Å². The van der Waals surface area contributed by atoms with Crippen molar-refractivity contribution in [1.29, 1.82) is 0 Å². The lowest BCUT2D eigenvalue weighted by Gasteiger charge is -2.15. The number of ether oxygens (including phenoxy) is 1. The number of rotatable bonds is 7. The molecule has 1 fully saturated rings. The molecule has 1 saturated carbocycles. The summed E-state index contributed by atoms with van der Waals surface area (Å²) in [5.74, 6) is 0.844. The van der Waals surface area contributed by atoms with Gasteiger partial charge in [-0.25, -0.2) is 20.1 Å². The molecule has 3 aromatic rings. The van der Waals surface area contributed by atoms with Crippen molar-refractivity contribution >= 4 is 33.4 Å². The number of hydrogen-bond acceptors (Lipinski definition) is 7. The van der Waals surface area contributed by atoms with Gasteiger partial charge in [0, 0.05) is 31.5 Å². The van der Waals surface area contributed by atoms with E-state index in [0.717, 1.165) is 36.7 Å². The minimum absolute atomic E-state index is 0.0584. The molecule has 1 aromatic carbocycles. The Kier molecular flexibility index (Phi) is 6.00. The monoisotopic (exact) mass is 469 g/mol. The number of methoxy groups -OCH3 is 1. The topological polar surface area (TPSA) is 122 Å². The molecule has 2 heterocycles. The number of fused-ring (bicyclic) bond motifs is 2. The van der Waals surface area contributed by atoms with Crippen LogP contribution in [0.1, 0.15) is 42.3 Å². The van der Waals surface area contributed by atoms with Gasteiger partial charge in [0.2, 0.25) is 0 Å². The van der Waals surface area contributed by atoms with E-state index in [-0.39, 0.29) is 30.6 Å². The second kappa shape index (κ2) is 8.94. The van der Waals surface area contributed by atoms with Crippen molar-refractivity contribution in [3.8, 4) is 0 Å². The molecule has 0 radical (unpaired) electrons. The Morgan fingerprint density at radius 1 is 1.24 bits per heavy atom. The first kappa shape index (κ1) is 22.1. The van der Waals surface area contributed by atoms with E-state index in [4.69, 9.17) is 19.1 Å². The van der Waals surface area contributed by atoms with E-state index in [1.807, 2.05) is 24.5 Å². The molecular formula is C23H27N5O4S. The minimum atomic E-state index is -3.91. The summed E-state index contributed by atoms with van der Waals surface area (Å²) in [5.41, 5.74) is 3.36. The molecule has 0 spiro atoms. The third-order valence-corrected chi connectivity index (χ3v) is 7.22. The van der Waals surface area contributed by atoms with Crippen LogP contribution in [0.15, 0.2) is 47.8 Å². The van der Waals surface area contributed by atoms with E-state index >= 15 is 0 Å². The zero-order valence-corrected chi connectivity index (χ0v) is 19.2. The molecule has 174 valence electrons. The molecule has 33 heavy (non-hydrogen) atoms. The molecule has 2 aliphatic carbocycles. The molecule has 0 saturated heterocycles. The highest BCUT2D eigenvalue weighted by Gasteiger charge is 2.31. The Balaban J connectivity index is 1.36. The van der Waals surface area contributed by atoms with E-state index in [2.05, 4.69) is 32.7 Å². The Morgan fingerprint density at radius 2 is 2.09 bits per heavy atom. The predicted octanol–water partition coefficient (Wildman–Crippen LogP) is 3.05. The van der Waals surface area contributed by atoms with Crippen LogP contribution >= 0.6 is 0 Å². The van der Waals surface area contributed by atoms with Crippen LogP contribution in [0.5, 0.6) is 0 Å². The van der Waals surface area contributed by atoms with E-state index in [9.17, 15) is 8.42 Å². The summed E-state index contributed by atoms with van der Waals surface area (Å²) in [6.45, 7) is 0.114. The van der Waals surface area contributed by atoms with E-state index in [0.29, 0.717) is 5.82 Å². The number of nitrogens with zero attached hydrogens (tertiary/aromatic N) is 4. The van der Waals surface area contributed by atoms with Gasteiger partial charge in [0.1, 0.15) is 12.0 Å². The summed E-state index contributed by atoms with van der Waals surface area (Å²) in [5, 5.41) is 5.85. The minimum Gasteiger partial charge on any atom is -0.380 e. The van der Waals surface area contributed by atoms with Crippen LogP contribution in [0.2, 0.25) is 0 Å². The third-order valence-electron chi connectivity index (χ3n) is 6.76. The van der Waals surface area contributed by atoms with Crippen molar-refractivity contribution in [2.24, 2.45) is 16.0 Å². The average molecular weight is 470 g/mol.